The van der Waals surface area contributed by atoms with Gasteiger partial charge in [-0.3, -0.25) is 4.68 Å². The zero-order valence-corrected chi connectivity index (χ0v) is 10.3. The molecule has 0 aliphatic carbocycles. The average Bonchev–Trinajstić information content (AvgIpc) is 2.71. The maximum Gasteiger partial charge on any atom is 0.0832 e. The van der Waals surface area contributed by atoms with Crippen LogP contribution in [-0.4, -0.2) is 14.8 Å². The molecule has 15 heavy (non-hydrogen) atoms. The van der Waals surface area contributed by atoms with Crippen LogP contribution in [-0.2, 0) is 7.05 Å². The van der Waals surface area contributed by atoms with Crippen LogP contribution in [0.15, 0.2) is 11.7 Å². The first-order valence-electron chi connectivity index (χ1n) is 5.03. The monoisotopic (exact) mass is 221 g/mol. The minimum Gasteiger partial charge on any atom is -0.267 e. The normalized spacial score (nSPS) is 11.3. The Hall–Kier alpha value is -1.16. The zero-order chi connectivity index (χ0) is 11.0. The van der Waals surface area contributed by atoms with Gasteiger partial charge in [0.25, 0.3) is 0 Å². The Labute approximate surface area is 93.8 Å². The SMILES string of the molecule is Cc1ncsc1-c1c(C(C)C)cnn1C. The molecule has 0 aliphatic heterocycles. The summed E-state index contributed by atoms with van der Waals surface area (Å²) in [6, 6.07) is 0. The summed E-state index contributed by atoms with van der Waals surface area (Å²) in [5.74, 6) is 0.496. The largest absolute Gasteiger partial charge is 0.267 e. The minimum atomic E-state index is 0.496. The molecular weight excluding hydrogens is 206 g/mol. The van der Waals surface area contributed by atoms with Gasteiger partial charge in [0.1, 0.15) is 0 Å². The van der Waals surface area contributed by atoms with Crippen LogP contribution in [0.2, 0.25) is 0 Å². The Bertz CT molecular complexity index is 468. The molecule has 0 spiro atoms. The summed E-state index contributed by atoms with van der Waals surface area (Å²) in [5.41, 5.74) is 5.49. The summed E-state index contributed by atoms with van der Waals surface area (Å²) in [5, 5.41) is 4.33. The van der Waals surface area contributed by atoms with Crippen molar-refractivity contribution in [1.29, 1.82) is 0 Å². The van der Waals surface area contributed by atoms with E-state index in [2.05, 4.69) is 23.9 Å². The van der Waals surface area contributed by atoms with E-state index in [0.717, 1.165) is 5.69 Å². The molecule has 0 atom stereocenters. The molecule has 2 aromatic heterocycles. The van der Waals surface area contributed by atoms with E-state index in [1.807, 2.05) is 30.4 Å². The Balaban J connectivity index is 2.61. The van der Waals surface area contributed by atoms with Gasteiger partial charge in [-0.15, -0.1) is 11.3 Å². The molecule has 4 heteroatoms. The number of thiazole rings is 1. The highest BCUT2D eigenvalue weighted by Gasteiger charge is 2.16. The third-order valence-electron chi connectivity index (χ3n) is 2.55. The van der Waals surface area contributed by atoms with Crippen LogP contribution in [0, 0.1) is 6.92 Å². The van der Waals surface area contributed by atoms with Gasteiger partial charge < -0.3 is 0 Å². The van der Waals surface area contributed by atoms with Gasteiger partial charge in [0.05, 0.1) is 28.0 Å². The van der Waals surface area contributed by atoms with Gasteiger partial charge in [0.15, 0.2) is 0 Å². The molecule has 0 saturated carbocycles. The predicted octanol–water partition coefficient (Wildman–Crippen LogP) is 2.98. The van der Waals surface area contributed by atoms with Gasteiger partial charge >= 0.3 is 0 Å². The van der Waals surface area contributed by atoms with Gasteiger partial charge in [-0.1, -0.05) is 13.8 Å². The Morgan fingerprint density at radius 3 is 2.67 bits per heavy atom. The molecule has 2 rings (SSSR count). The standard InChI is InChI=1S/C11H15N3S/c1-7(2)9-5-13-14(4)10(9)11-8(3)12-6-15-11/h5-7H,1-4H3. The van der Waals surface area contributed by atoms with Crippen molar-refractivity contribution in [1.82, 2.24) is 14.8 Å². The maximum absolute atomic E-state index is 4.33. The zero-order valence-electron chi connectivity index (χ0n) is 9.48. The van der Waals surface area contributed by atoms with Crippen LogP contribution in [0.4, 0.5) is 0 Å². The summed E-state index contributed by atoms with van der Waals surface area (Å²) >= 11 is 1.68. The lowest BCUT2D eigenvalue weighted by Crippen LogP contribution is -1.96. The molecule has 80 valence electrons. The van der Waals surface area contributed by atoms with E-state index in [9.17, 15) is 0 Å². The lowest BCUT2D eigenvalue weighted by atomic mass is 10.0. The van der Waals surface area contributed by atoms with Crippen molar-refractivity contribution >= 4 is 11.3 Å². The molecule has 0 fully saturated rings. The second-order valence-electron chi connectivity index (χ2n) is 3.99. The third kappa shape index (κ3) is 1.69. The quantitative estimate of drug-likeness (QED) is 0.780. The highest BCUT2D eigenvalue weighted by molar-refractivity contribution is 7.13. The van der Waals surface area contributed by atoms with Crippen molar-refractivity contribution < 1.29 is 0 Å². The van der Waals surface area contributed by atoms with E-state index < -0.39 is 0 Å². The van der Waals surface area contributed by atoms with Crippen molar-refractivity contribution in [3.63, 3.8) is 0 Å². The molecule has 0 aromatic carbocycles. The fraction of sp³-hybridized carbons (Fsp3) is 0.455. The number of aromatic nitrogens is 3. The Morgan fingerprint density at radius 1 is 1.40 bits per heavy atom. The molecule has 0 N–H and O–H groups in total. The molecule has 0 saturated heterocycles. The highest BCUT2D eigenvalue weighted by Crippen LogP contribution is 2.33. The maximum atomic E-state index is 4.33. The molecule has 0 unspecified atom stereocenters. The van der Waals surface area contributed by atoms with Crippen molar-refractivity contribution in [2.75, 3.05) is 0 Å². The van der Waals surface area contributed by atoms with E-state index in [1.54, 1.807) is 11.3 Å². The molecular formula is C11H15N3S. The second-order valence-corrected chi connectivity index (χ2v) is 4.85. The Morgan fingerprint density at radius 2 is 2.13 bits per heavy atom. The van der Waals surface area contributed by atoms with Gasteiger partial charge in [0.2, 0.25) is 0 Å². The topological polar surface area (TPSA) is 30.7 Å². The molecule has 0 aliphatic rings. The van der Waals surface area contributed by atoms with Crippen molar-refractivity contribution in [3.8, 4) is 10.6 Å². The molecule has 0 amide bonds. The molecule has 0 bridgehead atoms. The van der Waals surface area contributed by atoms with Crippen LogP contribution in [0.25, 0.3) is 10.6 Å². The van der Waals surface area contributed by atoms with Crippen LogP contribution < -0.4 is 0 Å². The van der Waals surface area contributed by atoms with Gasteiger partial charge in [-0.25, -0.2) is 4.98 Å². The number of rotatable bonds is 2. The third-order valence-corrected chi connectivity index (χ3v) is 3.48. The van der Waals surface area contributed by atoms with Crippen LogP contribution in [0.5, 0.6) is 0 Å². The summed E-state index contributed by atoms with van der Waals surface area (Å²) in [7, 11) is 1.99. The van der Waals surface area contributed by atoms with Crippen LogP contribution in [0.3, 0.4) is 0 Å². The second kappa shape index (κ2) is 3.77. The fourth-order valence-corrected chi connectivity index (χ4v) is 2.59. The number of hydrogen-bond acceptors (Lipinski definition) is 3. The van der Waals surface area contributed by atoms with Gasteiger partial charge in [0, 0.05) is 12.6 Å². The molecule has 0 radical (unpaired) electrons. The summed E-state index contributed by atoms with van der Waals surface area (Å²) in [6.07, 6.45) is 1.96. The van der Waals surface area contributed by atoms with Crippen molar-refractivity contribution in [2.24, 2.45) is 7.05 Å². The van der Waals surface area contributed by atoms with Gasteiger partial charge in [-0.05, 0) is 12.8 Å². The number of aryl methyl sites for hydroxylation is 2. The molecule has 2 heterocycles. The highest BCUT2D eigenvalue weighted by atomic mass is 32.1. The fourth-order valence-electron chi connectivity index (χ4n) is 1.68. The van der Waals surface area contributed by atoms with Gasteiger partial charge in [-0.2, -0.15) is 5.10 Å². The van der Waals surface area contributed by atoms with Crippen molar-refractivity contribution in [3.05, 3.63) is 23.0 Å². The van der Waals surface area contributed by atoms with Crippen LogP contribution in [0.1, 0.15) is 31.0 Å². The smallest absolute Gasteiger partial charge is 0.0832 e. The van der Waals surface area contributed by atoms with E-state index in [1.165, 1.54) is 16.1 Å². The predicted molar refractivity (Wildman–Crippen MR) is 63.1 cm³/mol. The van der Waals surface area contributed by atoms with Crippen molar-refractivity contribution in [2.45, 2.75) is 26.7 Å². The van der Waals surface area contributed by atoms with Crippen LogP contribution >= 0.6 is 11.3 Å². The Kier molecular flexibility index (Phi) is 2.61. The molecule has 2 aromatic rings. The average molecular weight is 221 g/mol. The summed E-state index contributed by atoms with van der Waals surface area (Å²) in [6.45, 7) is 6.43. The first kappa shape index (κ1) is 10.4. The summed E-state index contributed by atoms with van der Waals surface area (Å²) < 4.78 is 1.94. The summed E-state index contributed by atoms with van der Waals surface area (Å²) in [4.78, 5) is 5.53. The van der Waals surface area contributed by atoms with E-state index >= 15 is 0 Å². The first-order chi connectivity index (χ1) is 7.11. The number of hydrogen-bond donors (Lipinski definition) is 0. The van der Waals surface area contributed by atoms with E-state index in [-0.39, 0.29) is 0 Å². The number of nitrogens with zero attached hydrogens (tertiary/aromatic N) is 3. The lowest BCUT2D eigenvalue weighted by Gasteiger charge is -2.07. The first-order valence-corrected chi connectivity index (χ1v) is 5.91. The minimum absolute atomic E-state index is 0.496. The molecule has 3 nitrogen and oxygen atoms in total. The van der Waals surface area contributed by atoms with E-state index in [0.29, 0.717) is 5.92 Å². The van der Waals surface area contributed by atoms with E-state index in [4.69, 9.17) is 0 Å². The lowest BCUT2D eigenvalue weighted by molar-refractivity contribution is 0.774.